The van der Waals surface area contributed by atoms with Crippen LogP contribution in [0.2, 0.25) is 0 Å². The van der Waals surface area contributed by atoms with Crippen LogP contribution in [0.1, 0.15) is 13.0 Å². The van der Waals surface area contributed by atoms with E-state index in [4.69, 9.17) is 0 Å². The Morgan fingerprint density at radius 3 is 2.65 bits per heavy atom. The van der Waals surface area contributed by atoms with E-state index < -0.39 is 17.6 Å². The number of halogens is 1. The molecule has 0 amide bonds. The third kappa shape index (κ3) is 2.48. The predicted octanol–water partition coefficient (Wildman–Crippen LogP) is 1.46. The van der Waals surface area contributed by atoms with Crippen LogP contribution in [0.5, 0.6) is 0 Å². The zero-order chi connectivity index (χ0) is 16.6. The summed E-state index contributed by atoms with van der Waals surface area (Å²) in [6, 6.07) is 4.86. The molecule has 0 aliphatic carbocycles. The average molecular weight is 316 g/mol. The summed E-state index contributed by atoms with van der Waals surface area (Å²) in [6.07, 6.45) is 2.64. The van der Waals surface area contributed by atoms with Crippen molar-refractivity contribution in [3.63, 3.8) is 0 Å². The topological polar surface area (TPSA) is 79.0 Å². The molecule has 2 aromatic heterocycles. The van der Waals surface area contributed by atoms with Gasteiger partial charge in [0, 0.05) is 0 Å². The van der Waals surface area contributed by atoms with Crippen LogP contribution in [0.3, 0.4) is 0 Å². The standard InChI is InChI=1S/C15H13FN4O3/c1-9(15(22)23-2)19-8-17-13-12(14(19)21)7-18-20(13)11-5-3-10(16)4-6-11/h3-9H,1-2H3. The maximum Gasteiger partial charge on any atom is 0.328 e. The number of fused-ring (bicyclic) bond motifs is 1. The third-order valence-electron chi connectivity index (χ3n) is 3.54. The highest BCUT2D eigenvalue weighted by atomic mass is 19.1. The molecule has 1 aromatic carbocycles. The molecule has 0 N–H and O–H groups in total. The van der Waals surface area contributed by atoms with Gasteiger partial charge in [-0.05, 0) is 31.2 Å². The van der Waals surface area contributed by atoms with Gasteiger partial charge in [0.2, 0.25) is 0 Å². The van der Waals surface area contributed by atoms with Crippen molar-refractivity contribution in [3.05, 3.63) is 53.0 Å². The van der Waals surface area contributed by atoms with Gasteiger partial charge in [-0.1, -0.05) is 0 Å². The van der Waals surface area contributed by atoms with Gasteiger partial charge in [0.25, 0.3) is 5.56 Å². The summed E-state index contributed by atoms with van der Waals surface area (Å²) in [5, 5.41) is 4.38. The van der Waals surface area contributed by atoms with E-state index in [0.29, 0.717) is 11.3 Å². The van der Waals surface area contributed by atoms with Gasteiger partial charge in [0.1, 0.15) is 23.6 Å². The number of esters is 1. The summed E-state index contributed by atoms with van der Waals surface area (Å²) in [6.45, 7) is 1.55. The van der Waals surface area contributed by atoms with Gasteiger partial charge in [-0.2, -0.15) is 5.10 Å². The largest absolute Gasteiger partial charge is 0.467 e. The molecule has 8 heteroatoms. The molecule has 0 bridgehead atoms. The molecule has 1 unspecified atom stereocenters. The summed E-state index contributed by atoms with van der Waals surface area (Å²) < 4.78 is 20.3. The minimum Gasteiger partial charge on any atom is -0.467 e. The number of hydrogen-bond donors (Lipinski definition) is 0. The molecule has 23 heavy (non-hydrogen) atoms. The van der Waals surface area contributed by atoms with E-state index in [9.17, 15) is 14.0 Å². The predicted molar refractivity (Wildman–Crippen MR) is 79.8 cm³/mol. The average Bonchev–Trinajstić information content (AvgIpc) is 2.99. The first-order chi connectivity index (χ1) is 11.0. The molecule has 0 radical (unpaired) electrons. The molecule has 0 saturated carbocycles. The van der Waals surface area contributed by atoms with Crippen LogP contribution in [0.15, 0.2) is 41.6 Å². The molecule has 3 rings (SSSR count). The number of nitrogens with zero attached hydrogens (tertiary/aromatic N) is 4. The zero-order valence-electron chi connectivity index (χ0n) is 12.4. The maximum atomic E-state index is 13.0. The second-order valence-corrected chi connectivity index (χ2v) is 4.93. The highest BCUT2D eigenvalue weighted by Crippen LogP contribution is 2.15. The van der Waals surface area contributed by atoms with Gasteiger partial charge in [-0.25, -0.2) is 18.9 Å². The lowest BCUT2D eigenvalue weighted by Crippen LogP contribution is -2.29. The van der Waals surface area contributed by atoms with Gasteiger partial charge in [-0.15, -0.1) is 0 Å². The Labute approximate surface area is 129 Å². The minimum atomic E-state index is -0.793. The van der Waals surface area contributed by atoms with Crippen LogP contribution in [0.25, 0.3) is 16.7 Å². The molecule has 118 valence electrons. The second-order valence-electron chi connectivity index (χ2n) is 4.93. The monoisotopic (exact) mass is 316 g/mol. The Hall–Kier alpha value is -3.03. The van der Waals surface area contributed by atoms with Crippen molar-refractivity contribution in [3.8, 4) is 5.69 Å². The summed E-state index contributed by atoms with van der Waals surface area (Å²) >= 11 is 0. The molecule has 3 aromatic rings. The lowest BCUT2D eigenvalue weighted by atomic mass is 10.3. The molecule has 0 aliphatic heterocycles. The van der Waals surface area contributed by atoms with Crippen molar-refractivity contribution in [2.75, 3.05) is 7.11 Å². The Balaban J connectivity index is 2.13. The van der Waals surface area contributed by atoms with Crippen molar-refractivity contribution >= 4 is 17.0 Å². The van der Waals surface area contributed by atoms with E-state index in [1.807, 2.05) is 0 Å². The molecule has 2 heterocycles. The van der Waals surface area contributed by atoms with Gasteiger partial charge in [0.15, 0.2) is 5.65 Å². The number of carbonyl (C=O) groups is 1. The summed E-state index contributed by atoms with van der Waals surface area (Å²) in [5.74, 6) is -0.911. The molecular weight excluding hydrogens is 303 g/mol. The third-order valence-corrected chi connectivity index (χ3v) is 3.54. The fourth-order valence-electron chi connectivity index (χ4n) is 2.26. The highest BCUT2D eigenvalue weighted by Gasteiger charge is 2.19. The number of hydrogen-bond acceptors (Lipinski definition) is 5. The quantitative estimate of drug-likeness (QED) is 0.683. The molecule has 1 atom stereocenters. The molecule has 7 nitrogen and oxygen atoms in total. The van der Waals surface area contributed by atoms with Gasteiger partial charge in [-0.3, -0.25) is 9.36 Å². The van der Waals surface area contributed by atoms with Crippen molar-refractivity contribution in [1.82, 2.24) is 19.3 Å². The first kappa shape index (κ1) is 14.9. The van der Waals surface area contributed by atoms with Crippen molar-refractivity contribution < 1.29 is 13.9 Å². The van der Waals surface area contributed by atoms with E-state index >= 15 is 0 Å². The van der Waals surface area contributed by atoms with Crippen molar-refractivity contribution in [2.24, 2.45) is 0 Å². The fraction of sp³-hybridized carbons (Fsp3) is 0.200. The van der Waals surface area contributed by atoms with Crippen LogP contribution in [-0.2, 0) is 9.53 Å². The zero-order valence-corrected chi connectivity index (χ0v) is 12.4. The number of ether oxygens (including phenoxy) is 1. The molecule has 0 fully saturated rings. The van der Waals surface area contributed by atoms with E-state index in [1.165, 1.54) is 53.1 Å². The Kier molecular flexibility index (Phi) is 3.65. The number of aromatic nitrogens is 4. The molecule has 0 saturated heterocycles. The van der Waals surface area contributed by atoms with E-state index in [-0.39, 0.29) is 11.2 Å². The van der Waals surface area contributed by atoms with Crippen molar-refractivity contribution in [2.45, 2.75) is 13.0 Å². The lowest BCUT2D eigenvalue weighted by Gasteiger charge is -2.12. The fourth-order valence-corrected chi connectivity index (χ4v) is 2.26. The van der Waals surface area contributed by atoms with Crippen LogP contribution in [-0.4, -0.2) is 32.4 Å². The Morgan fingerprint density at radius 2 is 2.00 bits per heavy atom. The number of methoxy groups -OCH3 is 1. The second kappa shape index (κ2) is 5.64. The lowest BCUT2D eigenvalue weighted by molar-refractivity contribution is -0.144. The van der Waals surface area contributed by atoms with Crippen LogP contribution in [0.4, 0.5) is 4.39 Å². The number of rotatable bonds is 3. The van der Waals surface area contributed by atoms with Gasteiger partial charge in [0.05, 0.1) is 19.0 Å². The minimum absolute atomic E-state index is 0.257. The van der Waals surface area contributed by atoms with E-state index in [0.717, 1.165) is 0 Å². The maximum absolute atomic E-state index is 13.0. The Morgan fingerprint density at radius 1 is 1.30 bits per heavy atom. The van der Waals surface area contributed by atoms with Crippen LogP contribution in [0, 0.1) is 5.82 Å². The SMILES string of the molecule is COC(=O)C(C)n1cnc2c(cnn2-c2ccc(F)cc2)c1=O. The van der Waals surface area contributed by atoms with Crippen molar-refractivity contribution in [1.29, 1.82) is 0 Å². The van der Waals surface area contributed by atoms with E-state index in [2.05, 4.69) is 14.8 Å². The number of benzene rings is 1. The summed E-state index contributed by atoms with van der Waals surface area (Å²) in [5.41, 5.74) is 0.503. The van der Waals surface area contributed by atoms with Crippen LogP contribution < -0.4 is 5.56 Å². The number of carbonyl (C=O) groups excluding carboxylic acids is 1. The highest BCUT2D eigenvalue weighted by molar-refractivity contribution is 5.77. The smallest absolute Gasteiger partial charge is 0.328 e. The molecule has 0 aliphatic rings. The normalized spacial score (nSPS) is 12.3. The summed E-state index contributed by atoms with van der Waals surface area (Å²) in [7, 11) is 1.25. The first-order valence-corrected chi connectivity index (χ1v) is 6.81. The van der Waals surface area contributed by atoms with Gasteiger partial charge < -0.3 is 4.74 Å². The van der Waals surface area contributed by atoms with Crippen LogP contribution >= 0.6 is 0 Å². The molecule has 0 spiro atoms. The van der Waals surface area contributed by atoms with E-state index in [1.54, 1.807) is 6.92 Å². The summed E-state index contributed by atoms with van der Waals surface area (Å²) in [4.78, 5) is 28.3. The first-order valence-electron chi connectivity index (χ1n) is 6.81. The van der Waals surface area contributed by atoms with Gasteiger partial charge >= 0.3 is 5.97 Å². The molecular formula is C15H13FN4O3. The Bertz CT molecular complexity index is 930.